The van der Waals surface area contributed by atoms with Gasteiger partial charge < -0.3 is 0 Å². The number of benzene rings is 2. The average molecular weight is 393 g/mol. The normalized spacial score (nSPS) is 15.8. The standard InChI is InChI=1S/C17H10ClFN2O4S/c18-12-6-5-10(7-14(12)21(24)25)8-15-16(22)20(17(23)26-15)9-11-3-1-2-4-13(11)19/h1-8H,9H2/b15-8-. The van der Waals surface area contributed by atoms with Gasteiger partial charge in [0.15, 0.2) is 0 Å². The minimum absolute atomic E-state index is 0.0280. The molecule has 0 atom stereocenters. The summed E-state index contributed by atoms with van der Waals surface area (Å²) >= 11 is 6.45. The molecule has 1 heterocycles. The third-order valence-electron chi connectivity index (χ3n) is 3.62. The van der Waals surface area contributed by atoms with Crippen molar-refractivity contribution in [3.63, 3.8) is 0 Å². The van der Waals surface area contributed by atoms with Crippen molar-refractivity contribution in [2.24, 2.45) is 0 Å². The fraction of sp³-hybridized carbons (Fsp3) is 0.0588. The molecular weight excluding hydrogens is 383 g/mol. The van der Waals surface area contributed by atoms with E-state index >= 15 is 0 Å². The van der Waals surface area contributed by atoms with E-state index < -0.39 is 21.9 Å². The molecule has 0 saturated carbocycles. The van der Waals surface area contributed by atoms with Gasteiger partial charge in [-0.15, -0.1) is 0 Å². The van der Waals surface area contributed by atoms with Crippen LogP contribution in [0.15, 0.2) is 47.4 Å². The van der Waals surface area contributed by atoms with Gasteiger partial charge in [-0.05, 0) is 35.5 Å². The zero-order valence-corrected chi connectivity index (χ0v) is 14.6. The third kappa shape index (κ3) is 3.61. The Balaban J connectivity index is 1.87. The molecule has 0 spiro atoms. The molecule has 3 rings (SSSR count). The second-order valence-corrected chi connectivity index (χ2v) is 6.73. The number of rotatable bonds is 4. The second-order valence-electron chi connectivity index (χ2n) is 5.33. The van der Waals surface area contributed by atoms with Gasteiger partial charge in [0.25, 0.3) is 16.8 Å². The summed E-state index contributed by atoms with van der Waals surface area (Å²) in [5, 5.41) is 10.4. The van der Waals surface area contributed by atoms with E-state index in [-0.39, 0.29) is 27.7 Å². The Morgan fingerprint density at radius 1 is 1.23 bits per heavy atom. The molecule has 0 unspecified atom stereocenters. The quantitative estimate of drug-likeness (QED) is 0.430. The molecule has 2 aromatic rings. The molecule has 1 aliphatic heterocycles. The smallest absolute Gasteiger partial charge is 0.268 e. The summed E-state index contributed by atoms with van der Waals surface area (Å²) < 4.78 is 13.8. The number of hydrogen-bond donors (Lipinski definition) is 0. The van der Waals surface area contributed by atoms with E-state index in [4.69, 9.17) is 11.6 Å². The molecule has 0 aromatic heterocycles. The monoisotopic (exact) mass is 392 g/mol. The van der Waals surface area contributed by atoms with E-state index in [1.807, 2.05) is 0 Å². The van der Waals surface area contributed by atoms with Crippen LogP contribution in [0.3, 0.4) is 0 Å². The van der Waals surface area contributed by atoms with Gasteiger partial charge in [-0.2, -0.15) is 0 Å². The fourth-order valence-corrected chi connectivity index (χ4v) is 3.37. The van der Waals surface area contributed by atoms with Crippen molar-refractivity contribution in [3.05, 3.63) is 79.5 Å². The van der Waals surface area contributed by atoms with Crippen LogP contribution in [-0.2, 0) is 11.3 Å². The number of imide groups is 1. The molecule has 0 radical (unpaired) electrons. The largest absolute Gasteiger partial charge is 0.293 e. The summed E-state index contributed by atoms with van der Waals surface area (Å²) in [5.41, 5.74) is 0.279. The Morgan fingerprint density at radius 3 is 2.65 bits per heavy atom. The third-order valence-corrected chi connectivity index (χ3v) is 4.85. The van der Waals surface area contributed by atoms with Gasteiger partial charge in [0, 0.05) is 11.6 Å². The maximum Gasteiger partial charge on any atom is 0.293 e. The van der Waals surface area contributed by atoms with Gasteiger partial charge in [0.05, 0.1) is 16.4 Å². The molecule has 9 heteroatoms. The van der Waals surface area contributed by atoms with Crippen molar-refractivity contribution in [2.75, 3.05) is 0 Å². The lowest BCUT2D eigenvalue weighted by Crippen LogP contribution is -2.27. The van der Waals surface area contributed by atoms with Crippen LogP contribution in [0.2, 0.25) is 5.02 Å². The first-order valence-electron chi connectivity index (χ1n) is 7.29. The molecule has 1 fully saturated rings. The van der Waals surface area contributed by atoms with Crippen LogP contribution < -0.4 is 0 Å². The van der Waals surface area contributed by atoms with Gasteiger partial charge in [-0.3, -0.25) is 24.6 Å². The number of halogens is 2. The number of nitro benzene ring substituents is 1. The summed E-state index contributed by atoms with van der Waals surface area (Å²) in [6, 6.07) is 9.92. The zero-order valence-electron chi connectivity index (χ0n) is 13.0. The Morgan fingerprint density at radius 2 is 1.96 bits per heavy atom. The highest BCUT2D eigenvalue weighted by Gasteiger charge is 2.35. The topological polar surface area (TPSA) is 80.5 Å². The molecule has 0 bridgehead atoms. The van der Waals surface area contributed by atoms with Crippen molar-refractivity contribution in [2.45, 2.75) is 6.54 Å². The maximum absolute atomic E-state index is 13.8. The Bertz CT molecular complexity index is 964. The van der Waals surface area contributed by atoms with Crippen molar-refractivity contribution in [1.82, 2.24) is 4.90 Å². The van der Waals surface area contributed by atoms with Gasteiger partial charge >= 0.3 is 0 Å². The number of nitro groups is 1. The van der Waals surface area contributed by atoms with Gasteiger partial charge in [0.1, 0.15) is 10.8 Å². The highest BCUT2D eigenvalue weighted by atomic mass is 35.5. The molecule has 6 nitrogen and oxygen atoms in total. The molecule has 2 aromatic carbocycles. The number of nitrogens with zero attached hydrogens (tertiary/aromatic N) is 2. The lowest BCUT2D eigenvalue weighted by molar-refractivity contribution is -0.384. The number of carbonyl (C=O) groups is 2. The van der Waals surface area contributed by atoms with Crippen molar-refractivity contribution < 1.29 is 18.9 Å². The minimum atomic E-state index is -0.635. The van der Waals surface area contributed by atoms with Crippen LogP contribution in [0.1, 0.15) is 11.1 Å². The van der Waals surface area contributed by atoms with E-state index in [1.54, 1.807) is 6.07 Å². The van der Waals surface area contributed by atoms with E-state index in [1.165, 1.54) is 42.5 Å². The van der Waals surface area contributed by atoms with Crippen LogP contribution in [-0.4, -0.2) is 21.0 Å². The minimum Gasteiger partial charge on any atom is -0.268 e. The fourth-order valence-electron chi connectivity index (χ4n) is 2.34. The van der Waals surface area contributed by atoms with E-state index in [0.717, 1.165) is 4.90 Å². The number of amides is 2. The molecule has 1 aliphatic rings. The SMILES string of the molecule is O=C1S/C(=C\c2ccc(Cl)c([N+](=O)[O-])c2)C(=O)N1Cc1ccccc1F. The predicted octanol–water partition coefficient (Wildman–Crippen LogP) is 4.62. The molecule has 0 aliphatic carbocycles. The highest BCUT2D eigenvalue weighted by molar-refractivity contribution is 8.18. The summed E-state index contributed by atoms with van der Waals surface area (Å²) in [5.74, 6) is -1.09. The highest BCUT2D eigenvalue weighted by Crippen LogP contribution is 2.34. The van der Waals surface area contributed by atoms with E-state index in [9.17, 15) is 24.1 Å². The van der Waals surface area contributed by atoms with Gasteiger partial charge in [0.2, 0.25) is 0 Å². The van der Waals surface area contributed by atoms with Crippen LogP contribution in [0, 0.1) is 15.9 Å². The van der Waals surface area contributed by atoms with E-state index in [0.29, 0.717) is 17.3 Å². The van der Waals surface area contributed by atoms with Crippen molar-refractivity contribution >= 4 is 46.3 Å². The number of thioether (sulfide) groups is 1. The second kappa shape index (κ2) is 7.27. The summed E-state index contributed by atoms with van der Waals surface area (Å²) in [6.45, 7) is -0.185. The predicted molar refractivity (Wildman–Crippen MR) is 96.0 cm³/mol. The Labute approximate surface area is 156 Å². The van der Waals surface area contributed by atoms with Crippen LogP contribution in [0.25, 0.3) is 6.08 Å². The molecule has 132 valence electrons. The first kappa shape index (κ1) is 18.1. The molecule has 2 amide bonds. The van der Waals surface area contributed by atoms with E-state index in [2.05, 4.69) is 0 Å². The van der Waals surface area contributed by atoms with Crippen molar-refractivity contribution in [1.29, 1.82) is 0 Å². The zero-order chi connectivity index (χ0) is 18.8. The number of hydrogen-bond acceptors (Lipinski definition) is 5. The first-order valence-corrected chi connectivity index (χ1v) is 8.49. The molecular formula is C17H10ClFN2O4S. The number of carbonyl (C=O) groups excluding carboxylic acids is 2. The maximum atomic E-state index is 13.8. The van der Waals surface area contributed by atoms with Crippen LogP contribution >= 0.6 is 23.4 Å². The lowest BCUT2D eigenvalue weighted by Gasteiger charge is -2.12. The molecule has 0 N–H and O–H groups in total. The molecule has 1 saturated heterocycles. The van der Waals surface area contributed by atoms with Crippen molar-refractivity contribution in [3.8, 4) is 0 Å². The van der Waals surface area contributed by atoms with Gasteiger partial charge in [-0.25, -0.2) is 4.39 Å². The lowest BCUT2D eigenvalue weighted by atomic mass is 10.1. The Hall–Kier alpha value is -2.71. The summed E-state index contributed by atoms with van der Waals surface area (Å²) in [6.07, 6.45) is 1.37. The summed E-state index contributed by atoms with van der Waals surface area (Å²) in [4.78, 5) is 35.9. The van der Waals surface area contributed by atoms with Crippen LogP contribution in [0.5, 0.6) is 0 Å². The Kier molecular flexibility index (Phi) is 5.06. The average Bonchev–Trinajstić information content (AvgIpc) is 2.85. The summed E-state index contributed by atoms with van der Waals surface area (Å²) in [7, 11) is 0. The van der Waals surface area contributed by atoms with Crippen LogP contribution in [0.4, 0.5) is 14.9 Å². The van der Waals surface area contributed by atoms with Gasteiger partial charge in [-0.1, -0.05) is 35.9 Å². The molecule has 26 heavy (non-hydrogen) atoms. The first-order chi connectivity index (χ1) is 12.4.